The fourth-order valence-electron chi connectivity index (χ4n) is 2.74. The van der Waals surface area contributed by atoms with Crippen molar-refractivity contribution in [2.75, 3.05) is 11.9 Å². The van der Waals surface area contributed by atoms with Crippen molar-refractivity contribution in [1.82, 2.24) is 5.32 Å². The van der Waals surface area contributed by atoms with E-state index in [0.717, 1.165) is 23.7 Å². The zero-order valence-electron chi connectivity index (χ0n) is 10.8. The van der Waals surface area contributed by atoms with E-state index in [2.05, 4.69) is 29.7 Å². The van der Waals surface area contributed by atoms with Gasteiger partial charge in [-0.3, -0.25) is 4.79 Å². The molecule has 1 aromatic carbocycles. The van der Waals surface area contributed by atoms with E-state index in [-0.39, 0.29) is 5.91 Å². The highest BCUT2D eigenvalue weighted by Crippen LogP contribution is 2.38. The van der Waals surface area contributed by atoms with Crippen LogP contribution in [-0.2, 0) is 11.2 Å². The minimum atomic E-state index is 0.115. The first-order valence-corrected chi connectivity index (χ1v) is 6.92. The lowest BCUT2D eigenvalue weighted by atomic mass is 9.98. The van der Waals surface area contributed by atoms with Crippen LogP contribution in [0.5, 0.6) is 0 Å². The molecule has 0 bridgehead atoms. The summed E-state index contributed by atoms with van der Waals surface area (Å²) in [5.41, 5.74) is 3.47. The average Bonchev–Trinajstić information content (AvgIpc) is 3.07. The molecule has 0 spiro atoms. The van der Waals surface area contributed by atoms with Gasteiger partial charge in [0.15, 0.2) is 0 Å². The Balaban J connectivity index is 1.80. The summed E-state index contributed by atoms with van der Waals surface area (Å²) in [6, 6.07) is 6.85. The number of nitrogens with one attached hydrogen (secondary N) is 2. The van der Waals surface area contributed by atoms with Crippen molar-refractivity contribution < 1.29 is 4.79 Å². The maximum absolute atomic E-state index is 11.4. The van der Waals surface area contributed by atoms with Crippen LogP contribution in [0.1, 0.15) is 43.4 Å². The molecule has 1 aromatic rings. The molecular weight excluding hydrogens is 224 g/mol. The smallest absolute Gasteiger partial charge is 0.228 e. The van der Waals surface area contributed by atoms with E-state index in [1.807, 2.05) is 6.07 Å². The van der Waals surface area contributed by atoms with Crippen molar-refractivity contribution in [3.8, 4) is 0 Å². The number of anilines is 1. The van der Waals surface area contributed by atoms with Crippen molar-refractivity contribution in [3.63, 3.8) is 0 Å². The van der Waals surface area contributed by atoms with E-state index >= 15 is 0 Å². The molecule has 1 fully saturated rings. The van der Waals surface area contributed by atoms with Crippen molar-refractivity contribution in [2.24, 2.45) is 5.92 Å². The van der Waals surface area contributed by atoms with Gasteiger partial charge in [-0.05, 0) is 36.1 Å². The fourth-order valence-corrected chi connectivity index (χ4v) is 2.74. The van der Waals surface area contributed by atoms with E-state index in [0.29, 0.717) is 12.5 Å². The highest BCUT2D eigenvalue weighted by Gasteiger charge is 2.27. The van der Waals surface area contributed by atoms with Crippen molar-refractivity contribution in [1.29, 1.82) is 0 Å². The Bertz CT molecular complexity index is 466. The second-order valence-electron chi connectivity index (χ2n) is 5.43. The van der Waals surface area contributed by atoms with Gasteiger partial charge in [-0.15, -0.1) is 0 Å². The molecular formula is C15H20N2O. The summed E-state index contributed by atoms with van der Waals surface area (Å²) in [7, 11) is 0. The maximum atomic E-state index is 11.4. The Morgan fingerprint density at radius 3 is 3.00 bits per heavy atom. The van der Waals surface area contributed by atoms with Gasteiger partial charge in [0, 0.05) is 11.7 Å². The first-order chi connectivity index (χ1) is 8.76. The van der Waals surface area contributed by atoms with Gasteiger partial charge in [0.05, 0.1) is 6.42 Å². The third kappa shape index (κ3) is 2.41. The molecule has 1 atom stereocenters. The quantitative estimate of drug-likeness (QED) is 0.836. The number of benzene rings is 1. The number of rotatable bonds is 5. The molecule has 0 saturated heterocycles. The average molecular weight is 244 g/mol. The van der Waals surface area contributed by atoms with Crippen LogP contribution in [0, 0.1) is 5.92 Å². The predicted octanol–water partition coefficient (Wildman–Crippen LogP) is 2.63. The van der Waals surface area contributed by atoms with Gasteiger partial charge in [0.2, 0.25) is 5.91 Å². The Morgan fingerprint density at radius 1 is 1.44 bits per heavy atom. The fraction of sp³-hybridized carbons (Fsp3) is 0.533. The van der Waals surface area contributed by atoms with Gasteiger partial charge >= 0.3 is 0 Å². The number of hydrogen-bond donors (Lipinski definition) is 2. The summed E-state index contributed by atoms with van der Waals surface area (Å²) >= 11 is 0. The minimum absolute atomic E-state index is 0.115. The van der Waals surface area contributed by atoms with Crippen LogP contribution in [0.3, 0.4) is 0 Å². The normalized spacial score (nSPS) is 19.5. The third-order valence-electron chi connectivity index (χ3n) is 3.87. The van der Waals surface area contributed by atoms with Gasteiger partial charge in [0.25, 0.3) is 0 Å². The van der Waals surface area contributed by atoms with E-state index in [1.165, 1.54) is 24.8 Å². The van der Waals surface area contributed by atoms with Crippen molar-refractivity contribution in [2.45, 2.75) is 38.6 Å². The van der Waals surface area contributed by atoms with E-state index in [4.69, 9.17) is 0 Å². The highest BCUT2D eigenvalue weighted by molar-refractivity contribution is 5.99. The number of amides is 1. The molecule has 3 rings (SSSR count). The first-order valence-electron chi connectivity index (χ1n) is 6.92. The van der Waals surface area contributed by atoms with Gasteiger partial charge in [-0.1, -0.05) is 31.9 Å². The summed E-state index contributed by atoms with van der Waals surface area (Å²) in [6.45, 7) is 3.14. The number of fused-ring (bicyclic) bond motifs is 1. The molecule has 0 aromatic heterocycles. The lowest BCUT2D eigenvalue weighted by Gasteiger charge is -2.19. The molecule has 2 N–H and O–H groups in total. The molecule has 1 aliphatic heterocycles. The van der Waals surface area contributed by atoms with E-state index < -0.39 is 0 Å². The van der Waals surface area contributed by atoms with Crippen LogP contribution < -0.4 is 10.6 Å². The van der Waals surface area contributed by atoms with Crippen LogP contribution in [0.15, 0.2) is 18.2 Å². The van der Waals surface area contributed by atoms with E-state index in [9.17, 15) is 4.79 Å². The van der Waals surface area contributed by atoms with Crippen molar-refractivity contribution >= 4 is 11.6 Å². The van der Waals surface area contributed by atoms with Crippen LogP contribution >= 0.6 is 0 Å². The predicted molar refractivity (Wildman–Crippen MR) is 72.5 cm³/mol. The molecule has 0 radical (unpaired) electrons. The van der Waals surface area contributed by atoms with Crippen LogP contribution in [0.2, 0.25) is 0 Å². The van der Waals surface area contributed by atoms with Gasteiger partial charge in [-0.25, -0.2) is 0 Å². The Morgan fingerprint density at radius 2 is 2.28 bits per heavy atom. The third-order valence-corrected chi connectivity index (χ3v) is 3.87. The Labute approximate surface area is 108 Å². The number of carbonyl (C=O) groups excluding carboxylic acids is 1. The molecule has 1 heterocycles. The lowest BCUT2D eigenvalue weighted by molar-refractivity contribution is -0.115. The van der Waals surface area contributed by atoms with Crippen LogP contribution in [0.25, 0.3) is 0 Å². The summed E-state index contributed by atoms with van der Waals surface area (Å²) in [4.78, 5) is 11.4. The van der Waals surface area contributed by atoms with E-state index in [1.54, 1.807) is 0 Å². The molecule has 1 aliphatic carbocycles. The summed E-state index contributed by atoms with van der Waals surface area (Å²) in [6.07, 6.45) is 4.53. The molecule has 2 aliphatic rings. The highest BCUT2D eigenvalue weighted by atomic mass is 16.1. The number of hydrogen-bond acceptors (Lipinski definition) is 2. The van der Waals surface area contributed by atoms with Gasteiger partial charge < -0.3 is 10.6 Å². The zero-order chi connectivity index (χ0) is 12.5. The minimum Gasteiger partial charge on any atom is -0.326 e. The topological polar surface area (TPSA) is 41.1 Å². The summed E-state index contributed by atoms with van der Waals surface area (Å²) in [5, 5.41) is 6.46. The van der Waals surface area contributed by atoms with Crippen LogP contribution in [0.4, 0.5) is 5.69 Å². The summed E-state index contributed by atoms with van der Waals surface area (Å²) in [5.74, 6) is 1.02. The van der Waals surface area contributed by atoms with Crippen molar-refractivity contribution in [3.05, 3.63) is 29.3 Å². The first kappa shape index (κ1) is 11.7. The molecule has 1 amide bonds. The summed E-state index contributed by atoms with van der Waals surface area (Å²) < 4.78 is 0. The molecule has 96 valence electrons. The molecule has 1 unspecified atom stereocenters. The monoisotopic (exact) mass is 244 g/mol. The maximum Gasteiger partial charge on any atom is 0.228 e. The SMILES string of the molecule is CCNC(CC1CC1)c1ccc2c(c1)CC(=O)N2. The largest absolute Gasteiger partial charge is 0.326 e. The lowest BCUT2D eigenvalue weighted by Crippen LogP contribution is -2.21. The Hall–Kier alpha value is -1.35. The molecule has 3 nitrogen and oxygen atoms in total. The Kier molecular flexibility index (Phi) is 3.08. The van der Waals surface area contributed by atoms with Gasteiger partial charge in [-0.2, -0.15) is 0 Å². The second-order valence-corrected chi connectivity index (χ2v) is 5.43. The molecule has 18 heavy (non-hydrogen) atoms. The molecule has 3 heteroatoms. The van der Waals surface area contributed by atoms with Gasteiger partial charge in [0.1, 0.15) is 0 Å². The zero-order valence-corrected chi connectivity index (χ0v) is 10.8. The number of carbonyl (C=O) groups is 1. The molecule has 1 saturated carbocycles. The van der Waals surface area contributed by atoms with Crippen LogP contribution in [-0.4, -0.2) is 12.5 Å². The second kappa shape index (κ2) is 4.73. The standard InChI is InChI=1S/C15H20N2O/c1-2-16-14(7-10-3-4-10)11-5-6-13-12(8-11)9-15(18)17-13/h5-6,8,10,14,16H,2-4,7,9H2,1H3,(H,17,18).